The third-order valence-corrected chi connectivity index (χ3v) is 3.99. The van der Waals surface area contributed by atoms with E-state index in [-0.39, 0.29) is 19.1 Å². The van der Waals surface area contributed by atoms with Gasteiger partial charge >= 0.3 is 6.03 Å². The highest BCUT2D eigenvalue weighted by Crippen LogP contribution is 2.17. The van der Waals surface area contributed by atoms with Gasteiger partial charge in [0, 0.05) is 18.7 Å². The quantitative estimate of drug-likeness (QED) is 0.686. The Morgan fingerprint density at radius 3 is 2.85 bits per heavy atom. The van der Waals surface area contributed by atoms with E-state index >= 15 is 0 Å². The Hall–Kier alpha value is -3.16. The number of nitrogens with zero attached hydrogens (tertiary/aromatic N) is 4. The van der Waals surface area contributed by atoms with E-state index in [1.54, 1.807) is 7.05 Å². The lowest BCUT2D eigenvalue weighted by molar-refractivity contribution is 0.197. The monoisotopic (exact) mass is 369 g/mol. The molecule has 0 bridgehead atoms. The van der Waals surface area contributed by atoms with Crippen LogP contribution in [0.15, 0.2) is 39.4 Å². The minimum atomic E-state index is -0.265. The third kappa shape index (κ3) is 4.93. The molecule has 1 N–H and O–H groups in total. The Morgan fingerprint density at radius 2 is 2.07 bits per heavy atom. The molecular formula is C19H23N5O3. The van der Waals surface area contributed by atoms with Crippen molar-refractivity contribution in [2.45, 2.75) is 39.8 Å². The molecule has 142 valence electrons. The second-order valence-corrected chi connectivity index (χ2v) is 6.43. The number of hydrogen-bond donors (Lipinski definition) is 1. The number of hydrogen-bond acceptors (Lipinski definition) is 6. The number of carbonyl (C=O) groups is 1. The summed E-state index contributed by atoms with van der Waals surface area (Å²) in [6, 6.07) is 9.43. The summed E-state index contributed by atoms with van der Waals surface area (Å²) in [5.41, 5.74) is 2.89. The van der Waals surface area contributed by atoms with Crippen molar-refractivity contribution in [1.82, 2.24) is 25.5 Å². The topological polar surface area (TPSA) is 97.3 Å². The predicted molar refractivity (Wildman–Crippen MR) is 98.7 cm³/mol. The lowest BCUT2D eigenvalue weighted by atomic mass is 10.1. The van der Waals surface area contributed by atoms with Crippen molar-refractivity contribution in [3.05, 3.63) is 53.2 Å². The lowest BCUT2D eigenvalue weighted by Gasteiger charge is -2.14. The molecule has 0 aliphatic carbocycles. The number of nitrogens with one attached hydrogen (secondary N) is 1. The smallest absolute Gasteiger partial charge is 0.317 e. The first kappa shape index (κ1) is 18.6. The van der Waals surface area contributed by atoms with Crippen molar-refractivity contribution in [3.8, 4) is 11.4 Å². The van der Waals surface area contributed by atoms with E-state index in [0.717, 1.165) is 29.7 Å². The van der Waals surface area contributed by atoms with E-state index in [2.05, 4.69) is 27.5 Å². The standard InChI is InChI=1S/C19H23N5O3/c1-4-6-15-10-16(26-22-15)11-20-19(25)24(3)12-17-21-18(23-27-17)14-8-5-7-13(2)9-14/h5,7-10H,4,6,11-12H2,1-3H3,(H,20,25). The first-order valence-corrected chi connectivity index (χ1v) is 8.88. The summed E-state index contributed by atoms with van der Waals surface area (Å²) in [4.78, 5) is 18.1. The van der Waals surface area contributed by atoms with Gasteiger partial charge in [-0.15, -0.1) is 0 Å². The van der Waals surface area contributed by atoms with Gasteiger partial charge in [0.05, 0.1) is 12.2 Å². The Balaban J connectivity index is 1.53. The van der Waals surface area contributed by atoms with Crippen LogP contribution in [0.25, 0.3) is 11.4 Å². The molecule has 0 spiro atoms. The van der Waals surface area contributed by atoms with Gasteiger partial charge < -0.3 is 19.3 Å². The van der Waals surface area contributed by atoms with Crippen molar-refractivity contribution in [3.63, 3.8) is 0 Å². The maximum Gasteiger partial charge on any atom is 0.317 e. The number of benzene rings is 1. The molecule has 2 amide bonds. The molecule has 0 saturated heterocycles. The summed E-state index contributed by atoms with van der Waals surface area (Å²) in [5.74, 6) is 1.50. The molecule has 8 heteroatoms. The van der Waals surface area contributed by atoms with Gasteiger partial charge in [0.1, 0.15) is 6.54 Å². The van der Waals surface area contributed by atoms with Crippen molar-refractivity contribution in [1.29, 1.82) is 0 Å². The molecule has 0 unspecified atom stereocenters. The molecule has 0 radical (unpaired) electrons. The van der Waals surface area contributed by atoms with Gasteiger partial charge in [0.2, 0.25) is 11.7 Å². The molecule has 0 atom stereocenters. The average molecular weight is 369 g/mol. The second-order valence-electron chi connectivity index (χ2n) is 6.43. The van der Waals surface area contributed by atoms with Gasteiger partial charge in [-0.25, -0.2) is 4.79 Å². The van der Waals surface area contributed by atoms with Gasteiger partial charge in [-0.05, 0) is 19.4 Å². The SMILES string of the molecule is CCCc1cc(CNC(=O)N(C)Cc2nc(-c3cccc(C)c3)no2)on1. The van der Waals surface area contributed by atoms with E-state index in [1.807, 2.05) is 37.3 Å². The minimum absolute atomic E-state index is 0.210. The minimum Gasteiger partial charge on any atom is -0.359 e. The fraction of sp³-hybridized carbons (Fsp3) is 0.368. The van der Waals surface area contributed by atoms with Crippen LogP contribution in [0, 0.1) is 6.92 Å². The van der Waals surface area contributed by atoms with Crippen LogP contribution in [-0.4, -0.2) is 33.3 Å². The average Bonchev–Trinajstić information content (AvgIpc) is 3.29. The number of rotatable bonds is 7. The van der Waals surface area contributed by atoms with Gasteiger partial charge in [-0.3, -0.25) is 0 Å². The van der Waals surface area contributed by atoms with Crippen LogP contribution in [0.4, 0.5) is 4.79 Å². The lowest BCUT2D eigenvalue weighted by Crippen LogP contribution is -2.36. The summed E-state index contributed by atoms with van der Waals surface area (Å²) in [5, 5.41) is 10.7. The summed E-state index contributed by atoms with van der Waals surface area (Å²) in [7, 11) is 1.66. The zero-order valence-electron chi connectivity index (χ0n) is 15.7. The van der Waals surface area contributed by atoms with Gasteiger partial charge in [-0.1, -0.05) is 47.4 Å². The van der Waals surface area contributed by atoms with Crippen LogP contribution < -0.4 is 5.32 Å². The highest BCUT2D eigenvalue weighted by atomic mass is 16.5. The second kappa shape index (κ2) is 8.48. The molecule has 3 rings (SSSR count). The largest absolute Gasteiger partial charge is 0.359 e. The van der Waals surface area contributed by atoms with Crippen molar-refractivity contribution >= 4 is 6.03 Å². The van der Waals surface area contributed by atoms with Crippen molar-refractivity contribution < 1.29 is 13.8 Å². The maximum atomic E-state index is 12.2. The first-order chi connectivity index (χ1) is 13.0. The molecule has 2 aromatic heterocycles. The summed E-state index contributed by atoms with van der Waals surface area (Å²) in [6.45, 7) is 4.57. The molecule has 1 aromatic carbocycles. The first-order valence-electron chi connectivity index (χ1n) is 8.88. The van der Waals surface area contributed by atoms with Crippen molar-refractivity contribution in [2.24, 2.45) is 0 Å². The van der Waals surface area contributed by atoms with E-state index in [0.29, 0.717) is 17.5 Å². The maximum absolute atomic E-state index is 12.2. The van der Waals surface area contributed by atoms with Gasteiger partial charge in [0.25, 0.3) is 0 Å². The predicted octanol–water partition coefficient (Wildman–Crippen LogP) is 3.33. The summed E-state index contributed by atoms with van der Waals surface area (Å²) < 4.78 is 10.5. The molecule has 27 heavy (non-hydrogen) atoms. The molecule has 3 aromatic rings. The number of aromatic nitrogens is 3. The van der Waals surface area contributed by atoms with E-state index in [9.17, 15) is 4.79 Å². The van der Waals surface area contributed by atoms with E-state index in [4.69, 9.17) is 9.05 Å². The summed E-state index contributed by atoms with van der Waals surface area (Å²) >= 11 is 0. The molecule has 0 fully saturated rings. The molecule has 0 saturated carbocycles. The van der Waals surface area contributed by atoms with Gasteiger partial charge in [0.15, 0.2) is 5.76 Å². The van der Waals surface area contributed by atoms with Crippen molar-refractivity contribution in [2.75, 3.05) is 7.05 Å². The Morgan fingerprint density at radius 1 is 1.22 bits per heavy atom. The number of urea groups is 1. The van der Waals surface area contributed by atoms with Crippen LogP contribution >= 0.6 is 0 Å². The number of amides is 2. The van der Waals surface area contributed by atoms with Crippen LogP contribution in [0.1, 0.15) is 36.3 Å². The normalized spacial score (nSPS) is 10.8. The van der Waals surface area contributed by atoms with Crippen LogP contribution in [-0.2, 0) is 19.5 Å². The molecule has 0 aliphatic heterocycles. The number of aryl methyl sites for hydroxylation is 2. The molecule has 2 heterocycles. The van der Waals surface area contributed by atoms with Gasteiger partial charge in [-0.2, -0.15) is 4.98 Å². The Kier molecular flexibility index (Phi) is 5.85. The molecular weight excluding hydrogens is 346 g/mol. The molecule has 8 nitrogen and oxygen atoms in total. The Bertz CT molecular complexity index is 902. The fourth-order valence-corrected chi connectivity index (χ4v) is 2.61. The van der Waals surface area contributed by atoms with Crippen LogP contribution in [0.5, 0.6) is 0 Å². The van der Waals surface area contributed by atoms with Crippen LogP contribution in [0.3, 0.4) is 0 Å². The zero-order chi connectivity index (χ0) is 19.2. The van der Waals surface area contributed by atoms with E-state index in [1.165, 1.54) is 4.90 Å². The highest BCUT2D eigenvalue weighted by molar-refractivity contribution is 5.73. The fourth-order valence-electron chi connectivity index (χ4n) is 2.61. The summed E-state index contributed by atoms with van der Waals surface area (Å²) in [6.07, 6.45) is 1.85. The van der Waals surface area contributed by atoms with E-state index < -0.39 is 0 Å². The van der Waals surface area contributed by atoms with Crippen LogP contribution in [0.2, 0.25) is 0 Å². The third-order valence-electron chi connectivity index (χ3n) is 3.99. The zero-order valence-corrected chi connectivity index (χ0v) is 15.7. The number of carbonyl (C=O) groups excluding carboxylic acids is 1. The molecule has 0 aliphatic rings. The highest BCUT2D eigenvalue weighted by Gasteiger charge is 2.15. The Labute approximate surface area is 157 Å².